The Hall–Kier alpha value is -2.34. The van der Waals surface area contributed by atoms with Crippen LogP contribution in [0, 0.1) is 0 Å². The minimum absolute atomic E-state index is 0.153. The van der Waals surface area contributed by atoms with Crippen LogP contribution < -0.4 is 22.1 Å². The summed E-state index contributed by atoms with van der Waals surface area (Å²) in [5.74, 6) is -5.00. The van der Waals surface area contributed by atoms with E-state index >= 15 is 0 Å². The SMILES string of the molecule is NC(=O)CC[C@H](NC(=O)[C@@H](N)CCC(=O)O)C(=O)N[C@@H](CS)C(=O)O. The van der Waals surface area contributed by atoms with E-state index in [1.54, 1.807) is 0 Å². The summed E-state index contributed by atoms with van der Waals surface area (Å²) < 4.78 is 0. The predicted molar refractivity (Wildman–Crippen MR) is 88.6 cm³/mol. The summed E-state index contributed by atoms with van der Waals surface area (Å²) in [4.78, 5) is 56.4. The van der Waals surface area contributed by atoms with Crippen molar-refractivity contribution in [2.24, 2.45) is 11.5 Å². The van der Waals surface area contributed by atoms with Crippen LogP contribution in [-0.2, 0) is 24.0 Å². The third kappa shape index (κ3) is 9.52. The molecule has 0 aromatic carbocycles. The molecule has 0 aliphatic rings. The van der Waals surface area contributed by atoms with E-state index in [4.69, 9.17) is 21.7 Å². The Morgan fingerprint density at radius 3 is 1.92 bits per heavy atom. The van der Waals surface area contributed by atoms with Crippen molar-refractivity contribution in [3.05, 3.63) is 0 Å². The van der Waals surface area contributed by atoms with Gasteiger partial charge in [-0.1, -0.05) is 0 Å². The Kier molecular flexibility index (Phi) is 10.2. The van der Waals surface area contributed by atoms with E-state index in [2.05, 4.69) is 23.3 Å². The van der Waals surface area contributed by atoms with Crippen LogP contribution >= 0.6 is 12.6 Å². The molecule has 0 saturated carbocycles. The number of carboxylic acid groups (broad SMARTS) is 2. The number of nitrogens with two attached hydrogens (primary N) is 2. The molecule has 0 rings (SSSR count). The quantitative estimate of drug-likeness (QED) is 0.179. The number of primary amides is 1. The smallest absolute Gasteiger partial charge is 0.327 e. The lowest BCUT2D eigenvalue weighted by molar-refractivity contribution is -0.141. The maximum Gasteiger partial charge on any atom is 0.327 e. The Balaban J connectivity index is 4.93. The van der Waals surface area contributed by atoms with Gasteiger partial charge in [-0.2, -0.15) is 12.6 Å². The third-order valence-electron chi connectivity index (χ3n) is 3.12. The molecule has 0 spiro atoms. The summed E-state index contributed by atoms with van der Waals surface area (Å²) in [5, 5.41) is 21.9. The van der Waals surface area contributed by atoms with Crippen molar-refractivity contribution >= 4 is 42.3 Å². The number of rotatable bonds is 12. The molecule has 0 radical (unpaired) electrons. The lowest BCUT2D eigenvalue weighted by Gasteiger charge is -2.22. The molecule has 3 amide bonds. The van der Waals surface area contributed by atoms with E-state index in [-0.39, 0.29) is 31.4 Å². The second-order valence-electron chi connectivity index (χ2n) is 5.19. The zero-order chi connectivity index (χ0) is 19.6. The fourth-order valence-corrected chi connectivity index (χ4v) is 1.95. The summed E-state index contributed by atoms with van der Waals surface area (Å²) in [6.45, 7) is 0. The molecule has 0 aliphatic heterocycles. The van der Waals surface area contributed by atoms with Gasteiger partial charge < -0.3 is 32.3 Å². The van der Waals surface area contributed by atoms with Gasteiger partial charge >= 0.3 is 11.9 Å². The molecular formula is C13H22N4O7S. The van der Waals surface area contributed by atoms with Crippen LogP contribution in [-0.4, -0.2) is 63.8 Å². The number of carboxylic acids is 2. The first-order chi connectivity index (χ1) is 11.6. The summed E-state index contributed by atoms with van der Waals surface area (Å²) in [7, 11) is 0. The second-order valence-corrected chi connectivity index (χ2v) is 5.55. The fourth-order valence-electron chi connectivity index (χ4n) is 1.70. The van der Waals surface area contributed by atoms with E-state index < -0.39 is 47.8 Å². The molecule has 25 heavy (non-hydrogen) atoms. The van der Waals surface area contributed by atoms with Gasteiger partial charge in [-0.15, -0.1) is 0 Å². The van der Waals surface area contributed by atoms with Crippen LogP contribution in [0.15, 0.2) is 0 Å². The van der Waals surface area contributed by atoms with Gasteiger partial charge in [-0.05, 0) is 12.8 Å². The van der Waals surface area contributed by atoms with Crippen molar-refractivity contribution in [1.29, 1.82) is 0 Å². The van der Waals surface area contributed by atoms with Gasteiger partial charge in [0, 0.05) is 18.6 Å². The van der Waals surface area contributed by atoms with Crippen LogP contribution in [0.25, 0.3) is 0 Å². The summed E-state index contributed by atoms with van der Waals surface area (Å²) in [6.07, 6.45) is -0.897. The number of aliphatic carboxylic acids is 2. The van der Waals surface area contributed by atoms with Crippen molar-refractivity contribution in [3.8, 4) is 0 Å². The van der Waals surface area contributed by atoms with Crippen LogP contribution in [0.4, 0.5) is 0 Å². The molecule has 0 unspecified atom stereocenters. The zero-order valence-electron chi connectivity index (χ0n) is 13.3. The van der Waals surface area contributed by atoms with E-state index in [9.17, 15) is 24.0 Å². The second kappa shape index (κ2) is 11.3. The highest BCUT2D eigenvalue weighted by molar-refractivity contribution is 7.80. The van der Waals surface area contributed by atoms with Gasteiger partial charge in [0.1, 0.15) is 12.1 Å². The maximum absolute atomic E-state index is 12.1. The Morgan fingerprint density at radius 1 is 0.920 bits per heavy atom. The Labute approximate surface area is 148 Å². The summed E-state index contributed by atoms with van der Waals surface area (Å²) in [5.41, 5.74) is 10.5. The average Bonchev–Trinajstić information content (AvgIpc) is 2.52. The number of hydrogen-bond acceptors (Lipinski definition) is 7. The molecule has 0 aliphatic carbocycles. The first kappa shape index (κ1) is 22.7. The van der Waals surface area contributed by atoms with Gasteiger partial charge in [0.2, 0.25) is 17.7 Å². The monoisotopic (exact) mass is 378 g/mol. The molecule has 0 aromatic heterocycles. The van der Waals surface area contributed by atoms with E-state index in [1.165, 1.54) is 0 Å². The largest absolute Gasteiger partial charge is 0.481 e. The fraction of sp³-hybridized carbons (Fsp3) is 0.615. The van der Waals surface area contributed by atoms with Crippen LogP contribution in [0.3, 0.4) is 0 Å². The van der Waals surface area contributed by atoms with Crippen LogP contribution in [0.2, 0.25) is 0 Å². The third-order valence-corrected chi connectivity index (χ3v) is 3.48. The molecule has 8 N–H and O–H groups in total. The number of nitrogens with one attached hydrogen (secondary N) is 2. The van der Waals surface area contributed by atoms with Crippen molar-refractivity contribution in [2.45, 2.75) is 43.8 Å². The normalized spacial score (nSPS) is 14.0. The summed E-state index contributed by atoms with van der Waals surface area (Å²) >= 11 is 3.80. The lowest BCUT2D eigenvalue weighted by Crippen LogP contribution is -2.55. The highest BCUT2D eigenvalue weighted by Gasteiger charge is 2.27. The van der Waals surface area contributed by atoms with E-state index in [0.717, 1.165) is 0 Å². The highest BCUT2D eigenvalue weighted by atomic mass is 32.1. The van der Waals surface area contributed by atoms with Gasteiger partial charge in [0.15, 0.2) is 0 Å². The van der Waals surface area contributed by atoms with Gasteiger partial charge in [-0.3, -0.25) is 19.2 Å². The van der Waals surface area contributed by atoms with Crippen LogP contribution in [0.1, 0.15) is 25.7 Å². The van der Waals surface area contributed by atoms with Gasteiger partial charge in [0.05, 0.1) is 6.04 Å². The molecule has 0 bridgehead atoms. The number of amides is 3. The van der Waals surface area contributed by atoms with Crippen molar-refractivity contribution in [2.75, 3.05) is 5.75 Å². The number of hydrogen-bond donors (Lipinski definition) is 7. The first-order valence-corrected chi connectivity index (χ1v) is 7.91. The average molecular weight is 378 g/mol. The van der Waals surface area contributed by atoms with Crippen molar-refractivity contribution in [3.63, 3.8) is 0 Å². The van der Waals surface area contributed by atoms with E-state index in [1.807, 2.05) is 0 Å². The van der Waals surface area contributed by atoms with Crippen molar-refractivity contribution < 1.29 is 34.2 Å². The number of carbonyl (C=O) groups excluding carboxylic acids is 3. The standard InChI is InChI=1S/C13H22N4O7S/c14-6(1-4-10(19)20)11(21)16-7(2-3-9(15)18)12(22)17-8(5-25)13(23)24/h6-8,25H,1-5,14H2,(H2,15,18)(H,16,21)(H,17,22)(H,19,20)(H,23,24)/t6-,7-,8-/m0/s1. The lowest BCUT2D eigenvalue weighted by atomic mass is 10.1. The number of thiol groups is 1. The highest BCUT2D eigenvalue weighted by Crippen LogP contribution is 2.02. The Bertz CT molecular complexity index is 529. The molecule has 0 heterocycles. The van der Waals surface area contributed by atoms with E-state index in [0.29, 0.717) is 0 Å². The molecular weight excluding hydrogens is 356 g/mol. The molecule has 0 aromatic rings. The molecule has 12 heteroatoms. The number of carbonyl (C=O) groups is 5. The molecule has 3 atom stereocenters. The topological polar surface area (TPSA) is 202 Å². The maximum atomic E-state index is 12.1. The van der Waals surface area contributed by atoms with Crippen molar-refractivity contribution in [1.82, 2.24) is 10.6 Å². The molecule has 142 valence electrons. The minimum atomic E-state index is -1.32. The molecule has 11 nitrogen and oxygen atoms in total. The predicted octanol–water partition coefficient (Wildman–Crippen LogP) is -2.57. The van der Waals surface area contributed by atoms with Gasteiger partial charge in [0.25, 0.3) is 0 Å². The minimum Gasteiger partial charge on any atom is -0.481 e. The zero-order valence-corrected chi connectivity index (χ0v) is 14.2. The molecule has 0 fully saturated rings. The van der Waals surface area contributed by atoms with Crippen LogP contribution in [0.5, 0.6) is 0 Å². The Morgan fingerprint density at radius 2 is 1.48 bits per heavy atom. The first-order valence-electron chi connectivity index (χ1n) is 7.28. The molecule has 0 saturated heterocycles. The summed E-state index contributed by atoms with van der Waals surface area (Å²) in [6, 6.07) is -3.72. The van der Waals surface area contributed by atoms with Gasteiger partial charge in [-0.25, -0.2) is 4.79 Å².